The molecule has 1 heterocycles. The molecule has 216 valence electrons. The molecule has 0 aromatic carbocycles. The maximum atomic E-state index is 12.9. The van der Waals surface area contributed by atoms with Crippen molar-refractivity contribution in [3.05, 3.63) is 12.2 Å². The van der Waals surface area contributed by atoms with Crippen LogP contribution in [-0.4, -0.2) is 96.3 Å². The molecule has 0 unspecified atom stereocenters. The van der Waals surface area contributed by atoms with Gasteiger partial charge in [0, 0.05) is 32.6 Å². The topological polar surface area (TPSA) is 114 Å². The highest BCUT2D eigenvalue weighted by atomic mass is 16.6. The molecule has 1 amide bonds. The lowest BCUT2D eigenvalue weighted by Gasteiger charge is -2.42. The fourth-order valence-electron chi connectivity index (χ4n) is 4.57. The van der Waals surface area contributed by atoms with E-state index in [9.17, 15) is 9.59 Å². The molecule has 37 heavy (non-hydrogen) atoms. The number of methoxy groups -OCH3 is 1. The van der Waals surface area contributed by atoms with Crippen molar-refractivity contribution >= 4 is 12.4 Å². The number of carbonyl (C=O) groups is 2. The molecule has 1 aliphatic rings. The Balaban J connectivity index is 2.48. The summed E-state index contributed by atoms with van der Waals surface area (Å²) in [5.41, 5.74) is -0.600. The minimum absolute atomic E-state index is 0.0767. The van der Waals surface area contributed by atoms with Crippen LogP contribution in [0.15, 0.2) is 12.2 Å². The third kappa shape index (κ3) is 13.2. The van der Waals surface area contributed by atoms with Gasteiger partial charge in [-0.25, -0.2) is 0 Å². The lowest BCUT2D eigenvalue weighted by molar-refractivity contribution is -0.135. The van der Waals surface area contributed by atoms with Gasteiger partial charge in [0.05, 0.1) is 57.9 Å². The minimum Gasteiger partial charge on any atom is -0.449 e. The van der Waals surface area contributed by atoms with Crippen molar-refractivity contribution in [2.24, 2.45) is 5.92 Å². The Morgan fingerprint density at radius 3 is 2.11 bits per heavy atom. The van der Waals surface area contributed by atoms with E-state index in [2.05, 4.69) is 30.6 Å². The summed E-state index contributed by atoms with van der Waals surface area (Å²) in [6.07, 6.45) is 7.17. The van der Waals surface area contributed by atoms with Crippen molar-refractivity contribution in [1.82, 2.24) is 10.6 Å². The maximum Gasteiger partial charge on any atom is 0.294 e. The molecule has 0 aromatic rings. The molecule has 1 rings (SSSR count). The van der Waals surface area contributed by atoms with Crippen LogP contribution in [0.2, 0.25) is 0 Å². The van der Waals surface area contributed by atoms with E-state index in [1.54, 1.807) is 7.11 Å². The van der Waals surface area contributed by atoms with E-state index >= 15 is 0 Å². The standard InChI is InChI=1S/C27H50N2O8/c1-6-9-22-20-24(37-21-30)29-25(22)26(27(4,32-5)11-7-2)28-23(31)10-13-34-15-17-36-19-18-35-16-14-33-12-8-3/h6,9,21-22,24-26,29H,7-8,10-20H2,1-5H3,(H,28,31)/t22-,24+,25-,26-,27+/m1/s1. The summed E-state index contributed by atoms with van der Waals surface area (Å²) in [4.78, 5) is 23.8. The summed E-state index contributed by atoms with van der Waals surface area (Å²) in [6.45, 7) is 12.6. The highest BCUT2D eigenvalue weighted by Gasteiger charge is 2.46. The number of hydrogen-bond acceptors (Lipinski definition) is 9. The third-order valence-corrected chi connectivity index (χ3v) is 6.47. The minimum atomic E-state index is -0.600. The quantitative estimate of drug-likeness (QED) is 0.117. The molecule has 10 nitrogen and oxygen atoms in total. The highest BCUT2D eigenvalue weighted by Crippen LogP contribution is 2.32. The van der Waals surface area contributed by atoms with Crippen molar-refractivity contribution in [2.75, 3.05) is 60.0 Å². The molecule has 10 heteroatoms. The third-order valence-electron chi connectivity index (χ3n) is 6.47. The van der Waals surface area contributed by atoms with Gasteiger partial charge in [-0.3, -0.25) is 14.9 Å². The summed E-state index contributed by atoms with van der Waals surface area (Å²) >= 11 is 0. The van der Waals surface area contributed by atoms with Gasteiger partial charge in [-0.1, -0.05) is 32.4 Å². The first kappa shape index (κ1) is 33.5. The van der Waals surface area contributed by atoms with E-state index in [4.69, 9.17) is 28.4 Å². The zero-order chi connectivity index (χ0) is 27.4. The molecule has 0 bridgehead atoms. The van der Waals surface area contributed by atoms with Crippen LogP contribution in [0.5, 0.6) is 0 Å². The summed E-state index contributed by atoms with van der Waals surface area (Å²) in [5.74, 6) is -0.0439. The average molecular weight is 531 g/mol. The molecule has 1 aliphatic heterocycles. The van der Waals surface area contributed by atoms with Gasteiger partial charge in [-0.15, -0.1) is 0 Å². The molecule has 0 aromatic heterocycles. The van der Waals surface area contributed by atoms with Gasteiger partial charge in [-0.2, -0.15) is 0 Å². The van der Waals surface area contributed by atoms with Crippen LogP contribution in [0.3, 0.4) is 0 Å². The summed E-state index contributed by atoms with van der Waals surface area (Å²) in [6, 6.07) is -0.488. The van der Waals surface area contributed by atoms with Crippen LogP contribution in [0.25, 0.3) is 0 Å². The molecule has 2 N–H and O–H groups in total. The van der Waals surface area contributed by atoms with Crippen LogP contribution in [0.1, 0.15) is 59.8 Å². The monoisotopic (exact) mass is 530 g/mol. The molecule has 0 spiro atoms. The first-order chi connectivity index (χ1) is 17.9. The first-order valence-corrected chi connectivity index (χ1v) is 13.6. The zero-order valence-electron chi connectivity index (χ0n) is 23.5. The number of carbonyl (C=O) groups excluding carboxylic acids is 2. The highest BCUT2D eigenvalue weighted by molar-refractivity contribution is 5.76. The van der Waals surface area contributed by atoms with Crippen LogP contribution < -0.4 is 10.6 Å². The number of hydrogen-bond donors (Lipinski definition) is 2. The van der Waals surface area contributed by atoms with Gasteiger partial charge >= 0.3 is 0 Å². The van der Waals surface area contributed by atoms with Crippen molar-refractivity contribution in [1.29, 1.82) is 0 Å². The van der Waals surface area contributed by atoms with Crippen molar-refractivity contribution in [2.45, 2.75) is 83.7 Å². The molecule has 1 saturated heterocycles. The second-order valence-corrected chi connectivity index (χ2v) is 9.35. The van der Waals surface area contributed by atoms with E-state index in [0.717, 1.165) is 25.9 Å². The van der Waals surface area contributed by atoms with Crippen LogP contribution >= 0.6 is 0 Å². The Hall–Kier alpha value is -1.56. The first-order valence-electron chi connectivity index (χ1n) is 13.6. The number of amides is 1. The van der Waals surface area contributed by atoms with Gasteiger partial charge in [0.2, 0.25) is 5.91 Å². The summed E-state index contributed by atoms with van der Waals surface area (Å²) in [5, 5.41) is 6.57. The Bertz CT molecular complexity index is 636. The van der Waals surface area contributed by atoms with Crippen molar-refractivity contribution in [3.63, 3.8) is 0 Å². The largest absolute Gasteiger partial charge is 0.449 e. The predicted octanol–water partition coefficient (Wildman–Crippen LogP) is 2.60. The molecule has 1 fully saturated rings. The number of rotatable bonds is 23. The Kier molecular flexibility index (Phi) is 18.5. The number of ether oxygens (including phenoxy) is 6. The zero-order valence-corrected chi connectivity index (χ0v) is 23.5. The molecule has 0 radical (unpaired) electrons. The van der Waals surface area contributed by atoms with Crippen molar-refractivity contribution in [3.8, 4) is 0 Å². The second-order valence-electron chi connectivity index (χ2n) is 9.35. The van der Waals surface area contributed by atoms with Crippen LogP contribution in [0, 0.1) is 5.92 Å². The normalized spacial score (nSPS) is 22.1. The van der Waals surface area contributed by atoms with E-state index in [0.29, 0.717) is 52.5 Å². The molecular formula is C27H50N2O8. The summed E-state index contributed by atoms with van der Waals surface area (Å²) in [7, 11) is 1.67. The lowest BCUT2D eigenvalue weighted by Crippen LogP contribution is -2.62. The fraction of sp³-hybridized carbons (Fsp3) is 0.852. The second kappa shape index (κ2) is 20.4. The fourth-order valence-corrected chi connectivity index (χ4v) is 4.57. The molecule has 5 atom stereocenters. The summed E-state index contributed by atoms with van der Waals surface area (Å²) < 4.78 is 33.0. The van der Waals surface area contributed by atoms with E-state index in [1.165, 1.54) is 0 Å². The van der Waals surface area contributed by atoms with E-state index in [1.807, 2.05) is 19.9 Å². The van der Waals surface area contributed by atoms with Gasteiger partial charge in [-0.05, 0) is 32.6 Å². The SMILES string of the molecule is CC=C[C@@H]1C[C@H](OC=O)N[C@H]1[C@@H](NC(=O)CCOCCOCCOCCOCCC)[C@](C)(CCC)OC. The number of nitrogens with one attached hydrogen (secondary N) is 2. The molecule has 0 aliphatic carbocycles. The molecular weight excluding hydrogens is 480 g/mol. The smallest absolute Gasteiger partial charge is 0.294 e. The Labute approximate surface area is 223 Å². The van der Waals surface area contributed by atoms with Gasteiger partial charge < -0.3 is 33.7 Å². The van der Waals surface area contributed by atoms with Crippen molar-refractivity contribution < 1.29 is 38.0 Å². The van der Waals surface area contributed by atoms with Gasteiger partial charge in [0.1, 0.15) is 0 Å². The predicted molar refractivity (Wildman–Crippen MR) is 141 cm³/mol. The average Bonchev–Trinajstić information content (AvgIpc) is 3.27. The molecule has 0 saturated carbocycles. The van der Waals surface area contributed by atoms with E-state index in [-0.39, 0.29) is 36.9 Å². The van der Waals surface area contributed by atoms with Crippen LogP contribution in [0.4, 0.5) is 0 Å². The van der Waals surface area contributed by atoms with E-state index < -0.39 is 11.8 Å². The van der Waals surface area contributed by atoms with Gasteiger partial charge in [0.15, 0.2) is 6.23 Å². The number of allylic oxidation sites excluding steroid dienone is 1. The van der Waals surface area contributed by atoms with Crippen LogP contribution in [-0.2, 0) is 38.0 Å². The Morgan fingerprint density at radius 2 is 1.59 bits per heavy atom. The Morgan fingerprint density at radius 1 is 1.00 bits per heavy atom. The maximum absolute atomic E-state index is 12.9. The lowest BCUT2D eigenvalue weighted by atomic mass is 9.81. The van der Waals surface area contributed by atoms with Gasteiger partial charge in [0.25, 0.3) is 6.47 Å².